The molecule has 7 nitrogen and oxygen atoms in total. The van der Waals surface area contributed by atoms with E-state index >= 15 is 0 Å². The van der Waals surface area contributed by atoms with Gasteiger partial charge >= 0.3 is 6.03 Å². The van der Waals surface area contributed by atoms with Gasteiger partial charge in [0.2, 0.25) is 5.88 Å². The van der Waals surface area contributed by atoms with Crippen LogP contribution in [0.5, 0.6) is 11.6 Å². The highest BCUT2D eigenvalue weighted by atomic mass is 16.5. The van der Waals surface area contributed by atoms with Gasteiger partial charge in [-0.1, -0.05) is 6.07 Å². The van der Waals surface area contributed by atoms with Crippen molar-refractivity contribution in [3.05, 3.63) is 71.8 Å². The molecule has 1 atom stereocenters. The first kappa shape index (κ1) is 18.5. The topological polar surface area (TPSA) is 96.6 Å². The van der Waals surface area contributed by atoms with E-state index in [1.165, 1.54) is 18.0 Å². The van der Waals surface area contributed by atoms with E-state index in [1.807, 2.05) is 32.0 Å². The van der Waals surface area contributed by atoms with Gasteiger partial charge in [0.1, 0.15) is 17.6 Å². The second kappa shape index (κ2) is 8.37. The zero-order valence-electron chi connectivity index (χ0n) is 15.1. The predicted molar refractivity (Wildman–Crippen MR) is 101 cm³/mol. The van der Waals surface area contributed by atoms with E-state index in [4.69, 9.17) is 9.15 Å². The Morgan fingerprint density at radius 1 is 1.22 bits per heavy atom. The second-order valence-electron chi connectivity index (χ2n) is 6.10. The average Bonchev–Trinajstić information content (AvgIpc) is 3.19. The number of nitrogens with one attached hydrogen (secondary N) is 2. The third kappa shape index (κ3) is 5.08. The van der Waals surface area contributed by atoms with Crippen molar-refractivity contribution in [3.63, 3.8) is 0 Å². The summed E-state index contributed by atoms with van der Waals surface area (Å²) in [6, 6.07) is 12.0. The number of nitrogens with zero attached hydrogens (tertiary/aromatic N) is 1. The van der Waals surface area contributed by atoms with Crippen molar-refractivity contribution in [2.24, 2.45) is 0 Å². The van der Waals surface area contributed by atoms with E-state index in [0.29, 0.717) is 23.1 Å². The molecule has 0 spiro atoms. The molecule has 140 valence electrons. The molecular weight excluding hydrogens is 346 g/mol. The molecule has 27 heavy (non-hydrogen) atoms. The summed E-state index contributed by atoms with van der Waals surface area (Å²) in [5.41, 5.74) is 2.84. The summed E-state index contributed by atoms with van der Waals surface area (Å²) in [7, 11) is 0. The molecule has 7 heteroatoms. The Kier molecular flexibility index (Phi) is 5.73. The van der Waals surface area contributed by atoms with Gasteiger partial charge in [-0.25, -0.2) is 9.78 Å². The van der Waals surface area contributed by atoms with Crippen LogP contribution in [0.3, 0.4) is 0 Å². The van der Waals surface area contributed by atoms with E-state index in [2.05, 4.69) is 15.6 Å². The first-order valence-electron chi connectivity index (χ1n) is 8.49. The van der Waals surface area contributed by atoms with Crippen LogP contribution in [0, 0.1) is 13.8 Å². The van der Waals surface area contributed by atoms with Crippen molar-refractivity contribution in [1.82, 2.24) is 10.3 Å². The summed E-state index contributed by atoms with van der Waals surface area (Å²) in [4.78, 5) is 16.1. The average molecular weight is 367 g/mol. The molecule has 0 aliphatic rings. The number of furan rings is 1. The van der Waals surface area contributed by atoms with Crippen LogP contribution in [0.1, 0.15) is 23.0 Å². The molecule has 3 aromatic rings. The molecule has 0 saturated heterocycles. The Labute approximate surface area is 157 Å². The van der Waals surface area contributed by atoms with Gasteiger partial charge in [-0.3, -0.25) is 0 Å². The normalized spacial score (nSPS) is 11.7. The molecule has 3 N–H and O–H groups in total. The predicted octanol–water partition coefficient (Wildman–Crippen LogP) is 3.94. The van der Waals surface area contributed by atoms with Crippen LogP contribution in [0.15, 0.2) is 59.3 Å². The monoisotopic (exact) mass is 367 g/mol. The van der Waals surface area contributed by atoms with Crippen molar-refractivity contribution in [3.8, 4) is 11.6 Å². The molecule has 2 amide bonds. The van der Waals surface area contributed by atoms with E-state index in [0.717, 1.165) is 5.56 Å². The molecule has 2 aromatic heterocycles. The minimum absolute atomic E-state index is 0.0285. The fourth-order valence-electron chi connectivity index (χ4n) is 2.36. The molecule has 0 radical (unpaired) electrons. The van der Waals surface area contributed by atoms with Gasteiger partial charge in [-0.05, 0) is 55.3 Å². The fourth-order valence-corrected chi connectivity index (χ4v) is 2.36. The maximum Gasteiger partial charge on any atom is 0.319 e. The first-order chi connectivity index (χ1) is 13.0. The minimum atomic E-state index is -0.905. The number of aliphatic hydroxyl groups excluding tert-OH is 1. The first-order valence-corrected chi connectivity index (χ1v) is 8.49. The number of rotatable bonds is 6. The number of amides is 2. The Morgan fingerprint density at radius 2 is 2.07 bits per heavy atom. The molecule has 1 aromatic carbocycles. The largest absolute Gasteiger partial charge is 0.467 e. The number of carbonyl (C=O) groups is 1. The highest BCUT2D eigenvalue weighted by Crippen LogP contribution is 2.23. The highest BCUT2D eigenvalue weighted by Gasteiger charge is 2.12. The maximum absolute atomic E-state index is 11.9. The highest BCUT2D eigenvalue weighted by molar-refractivity contribution is 5.89. The molecular formula is C20H21N3O4. The van der Waals surface area contributed by atoms with E-state index in [1.54, 1.807) is 24.3 Å². The zero-order chi connectivity index (χ0) is 19.2. The van der Waals surface area contributed by atoms with Crippen molar-refractivity contribution in [2.45, 2.75) is 20.0 Å². The number of aliphatic hydroxyl groups is 1. The van der Waals surface area contributed by atoms with Crippen LogP contribution in [0.4, 0.5) is 10.5 Å². The Hall–Kier alpha value is -3.32. The van der Waals surface area contributed by atoms with E-state index in [9.17, 15) is 9.90 Å². The lowest BCUT2D eigenvalue weighted by molar-refractivity contribution is 0.149. The summed E-state index contributed by atoms with van der Waals surface area (Å²) in [6.07, 6.45) is 2.06. The number of carbonyl (C=O) groups excluding carboxylic acids is 1. The summed E-state index contributed by atoms with van der Waals surface area (Å²) in [6.45, 7) is 4.08. The Morgan fingerprint density at radius 3 is 2.74 bits per heavy atom. The number of pyridine rings is 1. The van der Waals surface area contributed by atoms with E-state index in [-0.39, 0.29) is 6.54 Å². The van der Waals surface area contributed by atoms with Gasteiger partial charge < -0.3 is 24.9 Å². The maximum atomic E-state index is 11.9. The van der Waals surface area contributed by atoms with Crippen LogP contribution in [0.25, 0.3) is 0 Å². The van der Waals surface area contributed by atoms with Crippen LogP contribution in [-0.2, 0) is 0 Å². The Balaban J connectivity index is 1.51. The molecule has 0 saturated carbocycles. The third-order valence-electron chi connectivity index (χ3n) is 4.02. The fraction of sp³-hybridized carbons (Fsp3) is 0.200. The van der Waals surface area contributed by atoms with Crippen LogP contribution >= 0.6 is 0 Å². The standard InChI is InChI=1S/C20H21N3O4/c1-13-5-7-16(10-14(13)2)27-19-8-6-15(11-21-19)23-20(25)22-12-17(24)18-4-3-9-26-18/h3-11,17,24H,12H2,1-2H3,(H2,22,23,25). The van der Waals surface area contributed by atoms with Gasteiger partial charge in [0, 0.05) is 6.07 Å². The number of aryl methyl sites for hydroxylation is 2. The SMILES string of the molecule is Cc1ccc(Oc2ccc(NC(=O)NCC(O)c3ccco3)cn2)cc1C. The van der Waals surface area contributed by atoms with Crippen molar-refractivity contribution >= 4 is 11.7 Å². The van der Waals surface area contributed by atoms with Gasteiger partial charge in [-0.2, -0.15) is 0 Å². The van der Waals surface area contributed by atoms with Crippen molar-refractivity contribution < 1.29 is 19.1 Å². The minimum Gasteiger partial charge on any atom is -0.467 e. The van der Waals surface area contributed by atoms with E-state index < -0.39 is 12.1 Å². The molecule has 3 rings (SSSR count). The zero-order valence-corrected chi connectivity index (χ0v) is 15.1. The van der Waals surface area contributed by atoms with Crippen LogP contribution in [0.2, 0.25) is 0 Å². The lowest BCUT2D eigenvalue weighted by Gasteiger charge is -2.11. The summed E-state index contributed by atoms with van der Waals surface area (Å²) in [5.74, 6) is 1.53. The van der Waals surface area contributed by atoms with Crippen molar-refractivity contribution in [1.29, 1.82) is 0 Å². The summed E-state index contributed by atoms with van der Waals surface area (Å²) < 4.78 is 10.8. The smallest absolute Gasteiger partial charge is 0.319 e. The lowest BCUT2D eigenvalue weighted by atomic mass is 10.1. The molecule has 0 aliphatic heterocycles. The second-order valence-corrected chi connectivity index (χ2v) is 6.10. The molecule has 1 unspecified atom stereocenters. The van der Waals surface area contributed by atoms with Gasteiger partial charge in [0.25, 0.3) is 0 Å². The number of aromatic nitrogens is 1. The number of ether oxygens (including phenoxy) is 1. The molecule has 2 heterocycles. The number of hydrogen-bond acceptors (Lipinski definition) is 5. The Bertz CT molecular complexity index is 892. The number of anilines is 1. The van der Waals surface area contributed by atoms with Crippen LogP contribution in [-0.4, -0.2) is 22.7 Å². The number of hydrogen-bond donors (Lipinski definition) is 3. The van der Waals surface area contributed by atoms with Crippen molar-refractivity contribution in [2.75, 3.05) is 11.9 Å². The molecule has 0 bridgehead atoms. The number of benzene rings is 1. The molecule has 0 fully saturated rings. The quantitative estimate of drug-likeness (QED) is 0.613. The van der Waals surface area contributed by atoms with Gasteiger partial charge in [0.05, 0.1) is 24.7 Å². The third-order valence-corrected chi connectivity index (χ3v) is 4.02. The van der Waals surface area contributed by atoms with Gasteiger partial charge in [-0.15, -0.1) is 0 Å². The number of urea groups is 1. The van der Waals surface area contributed by atoms with Gasteiger partial charge in [0.15, 0.2) is 0 Å². The summed E-state index contributed by atoms with van der Waals surface area (Å²) >= 11 is 0. The molecule has 0 aliphatic carbocycles. The lowest BCUT2D eigenvalue weighted by Crippen LogP contribution is -2.32. The van der Waals surface area contributed by atoms with Crippen LogP contribution < -0.4 is 15.4 Å². The summed E-state index contributed by atoms with van der Waals surface area (Å²) in [5, 5.41) is 15.1.